The number of aryl methyl sites for hydroxylation is 1. The minimum Gasteiger partial charge on any atom is -0.478 e. The molecule has 2 fully saturated rings. The van der Waals surface area contributed by atoms with Gasteiger partial charge in [-0.1, -0.05) is 52.7 Å². The van der Waals surface area contributed by atoms with Gasteiger partial charge in [0.05, 0.1) is 21.3 Å². The Morgan fingerprint density at radius 2 is 1.83 bits per heavy atom. The molecule has 0 radical (unpaired) electrons. The van der Waals surface area contributed by atoms with E-state index in [4.69, 9.17) is 23.2 Å². The predicted octanol–water partition coefficient (Wildman–Crippen LogP) is 3.94. The number of halogens is 2. The molecule has 3 aromatic rings. The second-order valence-corrected chi connectivity index (χ2v) is 10.4. The summed E-state index contributed by atoms with van der Waals surface area (Å²) in [6.07, 6.45) is 0.110. The van der Waals surface area contributed by atoms with E-state index in [-0.39, 0.29) is 51.4 Å². The SMILES string of the molecule is Cc1[nH]c(C(=O)N[C@H]2[C@@H]3CN(c4nc(Cc5ccccc5C(=O)O)c(C(=O)O)s4)C[C@@H]32)c(Cl)c1Cl. The normalized spacial score (nSPS) is 20.5. The number of aromatic nitrogens is 2. The van der Waals surface area contributed by atoms with Crippen molar-refractivity contribution in [2.45, 2.75) is 19.4 Å². The minimum absolute atomic E-state index is 0.00183. The molecule has 1 saturated carbocycles. The van der Waals surface area contributed by atoms with Gasteiger partial charge in [0, 0.05) is 43.1 Å². The van der Waals surface area contributed by atoms with Crippen LogP contribution in [0.2, 0.25) is 10.0 Å². The lowest BCUT2D eigenvalue weighted by molar-refractivity contribution is 0.0688. The maximum atomic E-state index is 12.6. The van der Waals surface area contributed by atoms with Crippen molar-refractivity contribution in [2.75, 3.05) is 18.0 Å². The first-order valence-corrected chi connectivity index (χ1v) is 12.4. The fraction of sp³-hybridized carbons (Fsp3) is 0.304. The summed E-state index contributed by atoms with van der Waals surface area (Å²) in [6.45, 7) is 3.00. The summed E-state index contributed by atoms with van der Waals surface area (Å²) in [6, 6.07) is 6.50. The number of piperidine rings is 1. The van der Waals surface area contributed by atoms with Crippen LogP contribution < -0.4 is 10.2 Å². The molecular formula is C23H20Cl2N4O5S. The Morgan fingerprint density at radius 3 is 2.43 bits per heavy atom. The van der Waals surface area contributed by atoms with E-state index in [0.717, 1.165) is 11.3 Å². The van der Waals surface area contributed by atoms with Crippen LogP contribution in [0.5, 0.6) is 0 Å². The summed E-state index contributed by atoms with van der Waals surface area (Å²) in [4.78, 5) is 45.6. The van der Waals surface area contributed by atoms with Crippen molar-refractivity contribution in [2.24, 2.45) is 11.8 Å². The second kappa shape index (κ2) is 8.85. The Balaban J connectivity index is 1.27. The monoisotopic (exact) mass is 534 g/mol. The summed E-state index contributed by atoms with van der Waals surface area (Å²) < 4.78 is 0. The van der Waals surface area contributed by atoms with Crippen molar-refractivity contribution in [3.8, 4) is 0 Å². The van der Waals surface area contributed by atoms with Crippen LogP contribution in [0.25, 0.3) is 0 Å². The first kappa shape index (κ1) is 23.7. The molecule has 4 N–H and O–H groups in total. The van der Waals surface area contributed by atoms with Crippen LogP contribution in [0, 0.1) is 18.8 Å². The number of H-pyrrole nitrogens is 1. The fourth-order valence-corrected chi connectivity index (χ4v) is 6.03. The molecule has 9 nitrogen and oxygen atoms in total. The number of nitrogens with one attached hydrogen (secondary N) is 2. The second-order valence-electron chi connectivity index (χ2n) is 8.70. The molecule has 2 aliphatic rings. The lowest BCUT2D eigenvalue weighted by Gasteiger charge is -2.19. The van der Waals surface area contributed by atoms with Crippen molar-refractivity contribution < 1.29 is 24.6 Å². The molecule has 0 spiro atoms. The van der Waals surface area contributed by atoms with Crippen LogP contribution in [0.1, 0.15) is 47.5 Å². The summed E-state index contributed by atoms with van der Waals surface area (Å²) >= 11 is 13.3. The highest BCUT2D eigenvalue weighted by Gasteiger charge is 2.57. The Kier molecular flexibility index (Phi) is 5.98. The Hall–Kier alpha value is -3.08. The number of benzene rings is 1. The standard InChI is InChI=1S/C23H20Cl2N4O5S/c1-9-15(24)16(25)18(26-9)20(30)28-17-12-7-29(8-13(12)17)23-27-14(19(35-23)22(33)34)6-10-4-2-3-5-11(10)21(31)32/h2-5,12-13,17,26H,6-8H2,1H3,(H,28,30)(H,31,32)(H,33,34)/t12-,13+,17+. The van der Waals surface area contributed by atoms with Crippen molar-refractivity contribution >= 4 is 57.5 Å². The van der Waals surface area contributed by atoms with Crippen molar-refractivity contribution in [3.63, 3.8) is 0 Å². The van der Waals surface area contributed by atoms with Crippen molar-refractivity contribution in [1.29, 1.82) is 0 Å². The zero-order valence-electron chi connectivity index (χ0n) is 18.3. The maximum absolute atomic E-state index is 12.6. The summed E-state index contributed by atoms with van der Waals surface area (Å²) in [5.41, 5.74) is 1.84. The van der Waals surface area contributed by atoms with Crippen LogP contribution in [-0.2, 0) is 6.42 Å². The number of hydrogen-bond donors (Lipinski definition) is 4. The first-order chi connectivity index (χ1) is 16.7. The molecule has 3 heterocycles. The molecule has 2 aromatic heterocycles. The zero-order chi connectivity index (χ0) is 25.0. The quantitative estimate of drug-likeness (QED) is 0.360. The van der Waals surface area contributed by atoms with Gasteiger partial charge >= 0.3 is 11.9 Å². The molecule has 12 heteroatoms. The summed E-state index contributed by atoms with van der Waals surface area (Å²) in [5.74, 6) is -2.03. The molecule has 182 valence electrons. The Morgan fingerprint density at radius 1 is 1.14 bits per heavy atom. The first-order valence-electron chi connectivity index (χ1n) is 10.8. The van der Waals surface area contributed by atoms with Gasteiger partial charge in [0.25, 0.3) is 5.91 Å². The fourth-order valence-electron chi connectivity index (χ4n) is 4.67. The van der Waals surface area contributed by atoms with Gasteiger partial charge in [0.1, 0.15) is 10.6 Å². The molecule has 0 bridgehead atoms. The van der Waals surface area contributed by atoms with Gasteiger partial charge in [-0.15, -0.1) is 0 Å². The molecule has 1 saturated heterocycles. The number of rotatable bonds is 7. The van der Waals surface area contributed by atoms with Crippen LogP contribution in [0.4, 0.5) is 5.13 Å². The van der Waals surface area contributed by atoms with Gasteiger partial charge < -0.3 is 25.4 Å². The highest BCUT2D eigenvalue weighted by molar-refractivity contribution is 7.17. The van der Waals surface area contributed by atoms with Crippen LogP contribution in [-0.4, -0.2) is 57.2 Å². The number of thiazole rings is 1. The van der Waals surface area contributed by atoms with E-state index in [1.54, 1.807) is 25.1 Å². The molecule has 1 aromatic carbocycles. The Bertz CT molecular complexity index is 1360. The van der Waals surface area contributed by atoms with Crippen molar-refractivity contribution in [3.05, 3.63) is 67.4 Å². The average Bonchev–Trinajstić information content (AvgIpc) is 3.19. The highest BCUT2D eigenvalue weighted by atomic mass is 35.5. The molecule has 1 aliphatic carbocycles. The zero-order valence-corrected chi connectivity index (χ0v) is 20.7. The van der Waals surface area contributed by atoms with Gasteiger partial charge in [-0.3, -0.25) is 4.79 Å². The number of aromatic carboxylic acids is 2. The molecule has 3 atom stereocenters. The molecular weight excluding hydrogens is 515 g/mol. The third-order valence-corrected chi connectivity index (χ3v) is 8.62. The van der Waals surface area contributed by atoms with E-state index in [9.17, 15) is 24.6 Å². The number of carbonyl (C=O) groups excluding carboxylic acids is 1. The summed E-state index contributed by atoms with van der Waals surface area (Å²) in [5, 5.41) is 23.3. The molecule has 1 aliphatic heterocycles. The van der Waals surface area contributed by atoms with E-state index in [2.05, 4.69) is 15.3 Å². The average molecular weight is 535 g/mol. The number of amides is 1. The number of carboxylic acids is 2. The van der Waals surface area contributed by atoms with Crippen LogP contribution >= 0.6 is 34.5 Å². The predicted molar refractivity (Wildman–Crippen MR) is 131 cm³/mol. The lowest BCUT2D eigenvalue weighted by atomic mass is 10.0. The maximum Gasteiger partial charge on any atom is 0.347 e. The van der Waals surface area contributed by atoms with Gasteiger partial charge in [0.2, 0.25) is 0 Å². The number of fused-ring (bicyclic) bond motifs is 1. The van der Waals surface area contributed by atoms with Gasteiger partial charge in [-0.2, -0.15) is 0 Å². The van der Waals surface area contributed by atoms with Gasteiger partial charge in [0.15, 0.2) is 5.13 Å². The highest BCUT2D eigenvalue weighted by Crippen LogP contribution is 2.48. The third-order valence-electron chi connectivity index (χ3n) is 6.53. The number of carbonyl (C=O) groups is 3. The lowest BCUT2D eigenvalue weighted by Crippen LogP contribution is -2.34. The van der Waals surface area contributed by atoms with Crippen molar-refractivity contribution in [1.82, 2.24) is 15.3 Å². The third kappa shape index (κ3) is 4.26. The van der Waals surface area contributed by atoms with E-state index in [0.29, 0.717) is 40.2 Å². The molecule has 1 amide bonds. The number of nitrogens with zero attached hydrogens (tertiary/aromatic N) is 2. The minimum atomic E-state index is -1.09. The topological polar surface area (TPSA) is 136 Å². The van der Waals surface area contributed by atoms with Crippen LogP contribution in [0.3, 0.4) is 0 Å². The van der Waals surface area contributed by atoms with E-state index in [1.807, 2.05) is 4.90 Å². The Labute approximate surface area is 213 Å². The number of carboxylic acid groups (broad SMARTS) is 2. The van der Waals surface area contributed by atoms with Crippen LogP contribution in [0.15, 0.2) is 24.3 Å². The molecule has 5 rings (SSSR count). The number of aromatic amines is 1. The number of hydrogen-bond acceptors (Lipinski definition) is 6. The number of anilines is 1. The van der Waals surface area contributed by atoms with E-state index < -0.39 is 11.9 Å². The van der Waals surface area contributed by atoms with Gasteiger partial charge in [-0.25, -0.2) is 14.6 Å². The smallest absolute Gasteiger partial charge is 0.347 e. The van der Waals surface area contributed by atoms with E-state index >= 15 is 0 Å². The van der Waals surface area contributed by atoms with E-state index in [1.165, 1.54) is 6.07 Å². The molecule has 0 unspecified atom stereocenters. The largest absolute Gasteiger partial charge is 0.478 e. The summed E-state index contributed by atoms with van der Waals surface area (Å²) in [7, 11) is 0. The molecule has 35 heavy (non-hydrogen) atoms. The van der Waals surface area contributed by atoms with Gasteiger partial charge in [-0.05, 0) is 18.6 Å².